The first-order chi connectivity index (χ1) is 11.7. The third kappa shape index (κ3) is 2.97. The summed E-state index contributed by atoms with van der Waals surface area (Å²) in [4.78, 5) is 26.2. The van der Waals surface area contributed by atoms with Crippen LogP contribution in [0.25, 0.3) is 6.08 Å². The second-order valence-corrected chi connectivity index (χ2v) is 6.20. The van der Waals surface area contributed by atoms with E-state index in [4.69, 9.17) is 4.42 Å². The van der Waals surface area contributed by atoms with E-state index in [1.807, 2.05) is 23.1 Å². The van der Waals surface area contributed by atoms with Crippen LogP contribution in [-0.2, 0) is 16.0 Å². The molecule has 24 heavy (non-hydrogen) atoms. The highest BCUT2D eigenvalue weighted by molar-refractivity contribution is 6.03. The normalized spacial score (nSPS) is 16.4. The van der Waals surface area contributed by atoms with Crippen molar-refractivity contribution in [2.45, 2.75) is 19.3 Å². The van der Waals surface area contributed by atoms with Gasteiger partial charge in [-0.25, -0.2) is 0 Å². The van der Waals surface area contributed by atoms with Crippen molar-refractivity contribution in [1.29, 1.82) is 0 Å². The number of hydrogen-bond acceptors (Lipinski definition) is 3. The smallest absolute Gasteiger partial charge is 0.248 e. The van der Waals surface area contributed by atoms with Gasteiger partial charge in [-0.1, -0.05) is 6.07 Å². The maximum atomic E-state index is 12.4. The van der Waals surface area contributed by atoms with Gasteiger partial charge < -0.3 is 14.6 Å². The average Bonchev–Trinajstić information content (AvgIpc) is 3.14. The Kier molecular flexibility index (Phi) is 3.69. The number of carbonyl (C=O) groups is 2. The topological polar surface area (TPSA) is 62.6 Å². The minimum Gasteiger partial charge on any atom is -0.465 e. The Bertz CT molecular complexity index is 804. The lowest BCUT2D eigenvalue weighted by Crippen LogP contribution is -2.30. The predicted molar refractivity (Wildman–Crippen MR) is 91.6 cm³/mol. The van der Waals surface area contributed by atoms with Crippen molar-refractivity contribution >= 4 is 29.3 Å². The molecule has 1 aliphatic heterocycles. The summed E-state index contributed by atoms with van der Waals surface area (Å²) < 4.78 is 5.15. The van der Waals surface area contributed by atoms with Gasteiger partial charge in [-0.2, -0.15) is 0 Å². The Balaban J connectivity index is 1.47. The molecule has 0 unspecified atom stereocenters. The summed E-state index contributed by atoms with van der Waals surface area (Å²) in [7, 11) is 0. The van der Waals surface area contributed by atoms with E-state index in [1.165, 1.54) is 6.08 Å². The van der Waals surface area contributed by atoms with Gasteiger partial charge in [0, 0.05) is 29.9 Å². The molecule has 122 valence electrons. The summed E-state index contributed by atoms with van der Waals surface area (Å²) >= 11 is 0. The molecule has 1 fully saturated rings. The van der Waals surface area contributed by atoms with Gasteiger partial charge in [0.2, 0.25) is 11.8 Å². The number of anilines is 2. The van der Waals surface area contributed by atoms with Crippen LogP contribution in [0.4, 0.5) is 11.4 Å². The van der Waals surface area contributed by atoms with Gasteiger partial charge in [0.05, 0.1) is 6.26 Å². The summed E-state index contributed by atoms with van der Waals surface area (Å²) in [6, 6.07) is 9.30. The number of hydrogen-bond donors (Lipinski definition) is 1. The van der Waals surface area contributed by atoms with Gasteiger partial charge in [-0.15, -0.1) is 0 Å². The Hall–Kier alpha value is -2.82. The van der Waals surface area contributed by atoms with E-state index in [1.54, 1.807) is 24.5 Å². The predicted octanol–water partition coefficient (Wildman–Crippen LogP) is 3.23. The van der Waals surface area contributed by atoms with Crippen LogP contribution in [0.3, 0.4) is 0 Å². The maximum Gasteiger partial charge on any atom is 0.248 e. The standard InChI is InChI=1S/C19H18N2O3/c22-18(8-7-16-2-1-11-24-16)20-15-6-5-13-9-10-21(17(13)12-15)19(23)14-3-4-14/h1-2,5-8,11-12,14H,3-4,9-10H2,(H,20,22)/b8-7+. The van der Waals surface area contributed by atoms with Crippen LogP contribution in [0.15, 0.2) is 47.1 Å². The molecule has 1 aliphatic carbocycles. The molecule has 1 N–H and O–H groups in total. The minimum atomic E-state index is -0.232. The van der Waals surface area contributed by atoms with E-state index in [0.29, 0.717) is 11.4 Å². The zero-order chi connectivity index (χ0) is 16.5. The zero-order valence-electron chi connectivity index (χ0n) is 13.2. The molecule has 5 heteroatoms. The van der Waals surface area contributed by atoms with E-state index in [-0.39, 0.29) is 17.7 Å². The Morgan fingerprint density at radius 3 is 2.88 bits per heavy atom. The fourth-order valence-corrected chi connectivity index (χ4v) is 2.96. The lowest BCUT2D eigenvalue weighted by molar-refractivity contribution is -0.119. The van der Waals surface area contributed by atoms with Crippen LogP contribution in [0.2, 0.25) is 0 Å². The molecule has 5 nitrogen and oxygen atoms in total. The monoisotopic (exact) mass is 322 g/mol. The summed E-state index contributed by atoms with van der Waals surface area (Å²) in [5.74, 6) is 0.810. The van der Waals surface area contributed by atoms with Crippen molar-refractivity contribution in [1.82, 2.24) is 0 Å². The first-order valence-electron chi connectivity index (χ1n) is 8.17. The first kappa shape index (κ1) is 14.8. The van der Waals surface area contributed by atoms with Gasteiger partial charge in [0.15, 0.2) is 0 Å². The second-order valence-electron chi connectivity index (χ2n) is 6.20. The maximum absolute atomic E-state index is 12.4. The molecule has 0 saturated heterocycles. The minimum absolute atomic E-state index is 0.199. The molecular weight excluding hydrogens is 304 g/mol. The lowest BCUT2D eigenvalue weighted by atomic mass is 10.1. The third-order valence-corrected chi connectivity index (χ3v) is 4.38. The quantitative estimate of drug-likeness (QED) is 0.879. The summed E-state index contributed by atoms with van der Waals surface area (Å²) in [6.07, 6.45) is 7.48. The van der Waals surface area contributed by atoms with E-state index >= 15 is 0 Å². The number of benzene rings is 1. The fourth-order valence-electron chi connectivity index (χ4n) is 2.96. The van der Waals surface area contributed by atoms with Gasteiger partial charge in [-0.05, 0) is 55.2 Å². The van der Waals surface area contributed by atoms with E-state index in [0.717, 1.165) is 37.1 Å². The van der Waals surface area contributed by atoms with Gasteiger partial charge >= 0.3 is 0 Å². The molecule has 1 aromatic carbocycles. The summed E-state index contributed by atoms with van der Waals surface area (Å²) in [5.41, 5.74) is 2.78. The SMILES string of the molecule is O=C(/C=C/c1ccco1)Nc1ccc2c(c1)N(C(=O)C1CC1)CC2. The van der Waals surface area contributed by atoms with Crippen LogP contribution in [-0.4, -0.2) is 18.4 Å². The van der Waals surface area contributed by atoms with Crippen molar-refractivity contribution in [2.75, 3.05) is 16.8 Å². The molecule has 2 aromatic rings. The van der Waals surface area contributed by atoms with Crippen LogP contribution >= 0.6 is 0 Å². The number of fused-ring (bicyclic) bond motifs is 1. The van der Waals surface area contributed by atoms with Crippen molar-refractivity contribution in [3.8, 4) is 0 Å². The molecule has 2 amide bonds. The van der Waals surface area contributed by atoms with E-state index in [9.17, 15) is 9.59 Å². The number of rotatable bonds is 4. The number of furan rings is 1. The Morgan fingerprint density at radius 2 is 2.12 bits per heavy atom. The summed E-state index contributed by atoms with van der Waals surface area (Å²) in [6.45, 7) is 0.737. The van der Waals surface area contributed by atoms with Crippen LogP contribution in [0.1, 0.15) is 24.2 Å². The van der Waals surface area contributed by atoms with E-state index < -0.39 is 0 Å². The number of carbonyl (C=O) groups excluding carboxylic acids is 2. The molecule has 0 radical (unpaired) electrons. The molecule has 0 spiro atoms. The van der Waals surface area contributed by atoms with Gasteiger partial charge in [-0.3, -0.25) is 9.59 Å². The highest BCUT2D eigenvalue weighted by Gasteiger charge is 2.36. The van der Waals surface area contributed by atoms with Crippen LogP contribution < -0.4 is 10.2 Å². The molecule has 1 aromatic heterocycles. The van der Waals surface area contributed by atoms with Crippen LogP contribution in [0.5, 0.6) is 0 Å². The largest absolute Gasteiger partial charge is 0.465 e. The molecule has 4 rings (SSSR count). The number of nitrogens with one attached hydrogen (secondary N) is 1. The van der Waals surface area contributed by atoms with Crippen molar-refractivity contribution in [3.05, 3.63) is 54.0 Å². The van der Waals surface area contributed by atoms with Crippen molar-refractivity contribution in [3.63, 3.8) is 0 Å². The van der Waals surface area contributed by atoms with Crippen molar-refractivity contribution < 1.29 is 14.0 Å². The van der Waals surface area contributed by atoms with E-state index in [2.05, 4.69) is 5.32 Å². The summed E-state index contributed by atoms with van der Waals surface area (Å²) in [5, 5.41) is 2.83. The zero-order valence-corrected chi connectivity index (χ0v) is 13.2. The Morgan fingerprint density at radius 1 is 1.25 bits per heavy atom. The van der Waals surface area contributed by atoms with Crippen LogP contribution in [0, 0.1) is 5.92 Å². The second kappa shape index (κ2) is 6.00. The third-order valence-electron chi connectivity index (χ3n) is 4.38. The fraction of sp³-hybridized carbons (Fsp3) is 0.263. The Labute approximate surface area is 139 Å². The molecule has 2 aliphatic rings. The average molecular weight is 322 g/mol. The highest BCUT2D eigenvalue weighted by Crippen LogP contribution is 2.37. The number of nitrogens with zero attached hydrogens (tertiary/aromatic N) is 1. The molecule has 1 saturated carbocycles. The molecule has 2 heterocycles. The van der Waals surface area contributed by atoms with Crippen molar-refractivity contribution in [2.24, 2.45) is 5.92 Å². The molecule has 0 bridgehead atoms. The molecule has 0 atom stereocenters. The first-order valence-corrected chi connectivity index (χ1v) is 8.17. The number of amides is 2. The highest BCUT2D eigenvalue weighted by atomic mass is 16.3. The van der Waals surface area contributed by atoms with Gasteiger partial charge in [0.25, 0.3) is 0 Å². The lowest BCUT2D eigenvalue weighted by Gasteiger charge is -2.17. The molecular formula is C19H18N2O3. The van der Waals surface area contributed by atoms with Gasteiger partial charge in [0.1, 0.15) is 5.76 Å².